The summed E-state index contributed by atoms with van der Waals surface area (Å²) in [5.41, 5.74) is 7.42. The number of anilines is 1. The zero-order chi connectivity index (χ0) is 24.7. The van der Waals surface area contributed by atoms with Crippen LogP contribution in [0.15, 0.2) is 77.0 Å². The summed E-state index contributed by atoms with van der Waals surface area (Å²) in [4.78, 5) is 19.7. The summed E-state index contributed by atoms with van der Waals surface area (Å²) in [5.74, 6) is 0.808. The minimum atomic E-state index is -0.443. The highest BCUT2D eigenvalue weighted by molar-refractivity contribution is 6.30. The van der Waals surface area contributed by atoms with E-state index in [9.17, 15) is 4.79 Å². The number of carbonyl (C=O) groups excluding carboxylic acids is 1. The lowest BCUT2D eigenvalue weighted by Crippen LogP contribution is -2.46. The summed E-state index contributed by atoms with van der Waals surface area (Å²) in [6.45, 7) is 8.05. The number of aromatic nitrogens is 2. The number of rotatable bonds is 4. The van der Waals surface area contributed by atoms with Crippen molar-refractivity contribution in [2.45, 2.75) is 33.7 Å². The summed E-state index contributed by atoms with van der Waals surface area (Å²) in [6.07, 6.45) is 0. The average molecular weight is 485 g/mol. The third kappa shape index (κ3) is 4.33. The number of amides is 2. The molecule has 0 aliphatic carbocycles. The maximum atomic E-state index is 13.4. The van der Waals surface area contributed by atoms with Gasteiger partial charge in [0.15, 0.2) is 0 Å². The van der Waals surface area contributed by atoms with E-state index >= 15 is 0 Å². The molecule has 1 aliphatic heterocycles. The summed E-state index contributed by atoms with van der Waals surface area (Å²) in [6, 6.07) is 20.6. The Morgan fingerprint density at radius 1 is 0.914 bits per heavy atom. The summed E-state index contributed by atoms with van der Waals surface area (Å²) in [7, 11) is 0. The minimum absolute atomic E-state index is 0.212. The number of hydrogen-bond donors (Lipinski definition) is 1. The van der Waals surface area contributed by atoms with E-state index in [4.69, 9.17) is 21.1 Å². The van der Waals surface area contributed by atoms with Gasteiger partial charge >= 0.3 is 6.03 Å². The van der Waals surface area contributed by atoms with Crippen molar-refractivity contribution in [1.82, 2.24) is 15.5 Å². The fraction of sp³-hybridized carbons (Fsp3) is 0.179. The maximum Gasteiger partial charge on any atom is 0.326 e. The first-order valence-electron chi connectivity index (χ1n) is 11.4. The summed E-state index contributed by atoms with van der Waals surface area (Å²) >= 11 is 6.04. The van der Waals surface area contributed by atoms with Crippen molar-refractivity contribution in [3.05, 3.63) is 106 Å². The number of carbonyl (C=O) groups is 1. The number of benzene rings is 3. The van der Waals surface area contributed by atoms with Gasteiger partial charge in [-0.3, -0.25) is 4.90 Å². The van der Waals surface area contributed by atoms with Crippen LogP contribution in [0.4, 0.5) is 10.5 Å². The molecular formula is C28H25ClN4O2. The number of aryl methyl sites for hydroxylation is 3. The first-order chi connectivity index (χ1) is 16.8. The van der Waals surface area contributed by atoms with E-state index < -0.39 is 6.04 Å². The Bertz CT molecular complexity index is 1440. The molecule has 1 N–H and O–H groups in total. The number of allylic oxidation sites excluding steroid dienone is 1. The Kier molecular flexibility index (Phi) is 5.91. The lowest BCUT2D eigenvalue weighted by molar-refractivity contribution is 0.244. The van der Waals surface area contributed by atoms with Gasteiger partial charge in [0.1, 0.15) is 0 Å². The molecule has 2 heterocycles. The van der Waals surface area contributed by atoms with Gasteiger partial charge in [-0.15, -0.1) is 0 Å². The van der Waals surface area contributed by atoms with E-state index in [0.29, 0.717) is 16.7 Å². The summed E-state index contributed by atoms with van der Waals surface area (Å²) in [5, 5.41) is 8.02. The third-order valence-corrected chi connectivity index (χ3v) is 6.65. The van der Waals surface area contributed by atoms with Crippen LogP contribution >= 0.6 is 11.6 Å². The molecule has 7 heteroatoms. The van der Waals surface area contributed by atoms with Crippen LogP contribution in [-0.2, 0) is 0 Å². The minimum Gasteiger partial charge on any atom is -0.334 e. The van der Waals surface area contributed by atoms with Crippen LogP contribution in [0.3, 0.4) is 0 Å². The molecular weight excluding hydrogens is 460 g/mol. The van der Waals surface area contributed by atoms with E-state index in [2.05, 4.69) is 36.5 Å². The van der Waals surface area contributed by atoms with Crippen molar-refractivity contribution in [3.8, 4) is 11.4 Å². The van der Waals surface area contributed by atoms with Gasteiger partial charge < -0.3 is 9.84 Å². The lowest BCUT2D eigenvalue weighted by Gasteiger charge is -2.35. The van der Waals surface area contributed by atoms with Gasteiger partial charge in [-0.2, -0.15) is 4.98 Å². The molecule has 1 atom stereocenters. The average Bonchev–Trinajstić information content (AvgIpc) is 3.32. The molecule has 0 spiro atoms. The molecule has 0 fully saturated rings. The Labute approximate surface area is 209 Å². The number of urea groups is 1. The van der Waals surface area contributed by atoms with Crippen LogP contribution in [0, 0.1) is 20.8 Å². The topological polar surface area (TPSA) is 71.3 Å². The van der Waals surface area contributed by atoms with Crippen LogP contribution in [0.5, 0.6) is 0 Å². The second-order valence-corrected chi connectivity index (χ2v) is 9.26. The van der Waals surface area contributed by atoms with E-state index in [-0.39, 0.29) is 6.03 Å². The van der Waals surface area contributed by atoms with Crippen molar-refractivity contribution in [1.29, 1.82) is 0 Å². The standard InChI is InChI=1S/C28H25ClN4O2/c1-16-5-13-23(14-6-16)33-19(4)24(25(30-28(33)34)21-8-7-17(2)18(3)15-21)27-31-26(32-35-27)20-9-11-22(29)12-10-20/h5-15,25H,1-4H3,(H,30,34). The van der Waals surface area contributed by atoms with Crippen molar-refractivity contribution < 1.29 is 9.32 Å². The Morgan fingerprint density at radius 2 is 1.63 bits per heavy atom. The number of hydrogen-bond acceptors (Lipinski definition) is 4. The van der Waals surface area contributed by atoms with Gasteiger partial charge in [-0.25, -0.2) is 4.79 Å². The molecule has 35 heavy (non-hydrogen) atoms. The van der Waals surface area contributed by atoms with E-state index in [1.165, 1.54) is 5.56 Å². The predicted molar refractivity (Wildman–Crippen MR) is 138 cm³/mol. The highest BCUT2D eigenvalue weighted by Gasteiger charge is 2.36. The second-order valence-electron chi connectivity index (χ2n) is 8.83. The van der Waals surface area contributed by atoms with Gasteiger partial charge in [0.25, 0.3) is 5.89 Å². The number of nitrogens with zero attached hydrogens (tertiary/aromatic N) is 3. The number of nitrogens with one attached hydrogen (secondary N) is 1. The zero-order valence-corrected chi connectivity index (χ0v) is 20.7. The van der Waals surface area contributed by atoms with Crippen LogP contribution in [0.1, 0.15) is 41.1 Å². The molecule has 5 rings (SSSR count). The first-order valence-corrected chi connectivity index (χ1v) is 11.7. The second kappa shape index (κ2) is 9.04. The smallest absolute Gasteiger partial charge is 0.326 e. The van der Waals surface area contributed by atoms with E-state index in [1.807, 2.05) is 56.3 Å². The largest absolute Gasteiger partial charge is 0.334 e. The Morgan fingerprint density at radius 3 is 2.31 bits per heavy atom. The van der Waals surface area contributed by atoms with Gasteiger partial charge in [0.05, 0.1) is 17.3 Å². The molecule has 176 valence electrons. The molecule has 1 aromatic heterocycles. The van der Waals surface area contributed by atoms with Crippen molar-refractivity contribution in [3.63, 3.8) is 0 Å². The van der Waals surface area contributed by atoms with E-state index in [0.717, 1.165) is 39.2 Å². The monoisotopic (exact) mass is 484 g/mol. The molecule has 4 aromatic rings. The number of halogens is 1. The maximum absolute atomic E-state index is 13.4. The Balaban J connectivity index is 1.66. The molecule has 0 saturated heterocycles. The SMILES string of the molecule is CC1=C(c2nc(-c3ccc(Cl)cc3)no2)C(c2ccc(C)c(C)c2)NC(=O)N1c1ccc(C)cc1. The molecule has 3 aromatic carbocycles. The summed E-state index contributed by atoms with van der Waals surface area (Å²) < 4.78 is 5.77. The molecule has 1 unspecified atom stereocenters. The molecule has 1 aliphatic rings. The third-order valence-electron chi connectivity index (χ3n) is 6.40. The fourth-order valence-electron chi connectivity index (χ4n) is 4.27. The molecule has 0 bridgehead atoms. The molecule has 6 nitrogen and oxygen atoms in total. The van der Waals surface area contributed by atoms with Crippen LogP contribution in [0.25, 0.3) is 17.0 Å². The molecule has 0 radical (unpaired) electrons. The van der Waals surface area contributed by atoms with Crippen molar-refractivity contribution in [2.24, 2.45) is 0 Å². The zero-order valence-electron chi connectivity index (χ0n) is 20.0. The lowest BCUT2D eigenvalue weighted by atomic mass is 9.92. The fourth-order valence-corrected chi connectivity index (χ4v) is 4.39. The molecule has 0 saturated carbocycles. The van der Waals surface area contributed by atoms with Gasteiger partial charge in [-0.05, 0) is 80.8 Å². The highest BCUT2D eigenvalue weighted by Crippen LogP contribution is 2.39. The van der Waals surface area contributed by atoms with Crippen LogP contribution in [0.2, 0.25) is 5.02 Å². The van der Waals surface area contributed by atoms with Crippen molar-refractivity contribution in [2.75, 3.05) is 4.90 Å². The quantitative estimate of drug-likeness (QED) is 0.338. The van der Waals surface area contributed by atoms with Gasteiger partial charge in [0, 0.05) is 16.3 Å². The Hall–Kier alpha value is -3.90. The highest BCUT2D eigenvalue weighted by atomic mass is 35.5. The van der Waals surface area contributed by atoms with Crippen molar-refractivity contribution >= 4 is 28.9 Å². The van der Waals surface area contributed by atoms with Gasteiger partial charge in [0.2, 0.25) is 5.82 Å². The first kappa shape index (κ1) is 22.9. The van der Waals surface area contributed by atoms with Crippen LogP contribution < -0.4 is 10.2 Å². The predicted octanol–water partition coefficient (Wildman–Crippen LogP) is 7.02. The van der Waals surface area contributed by atoms with Crippen LogP contribution in [-0.4, -0.2) is 16.2 Å². The molecule has 2 amide bonds. The van der Waals surface area contributed by atoms with Gasteiger partial charge in [-0.1, -0.05) is 52.7 Å². The normalized spacial score (nSPS) is 16.0. The van der Waals surface area contributed by atoms with E-state index in [1.54, 1.807) is 17.0 Å².